The van der Waals surface area contributed by atoms with E-state index in [0.29, 0.717) is 5.56 Å². The molecule has 2 aromatic carbocycles. The lowest BCUT2D eigenvalue weighted by Gasteiger charge is -2.49. The number of benzene rings is 2. The number of ether oxygens (including phenoxy) is 2. The van der Waals surface area contributed by atoms with Crippen molar-refractivity contribution in [3.8, 4) is 11.6 Å². The standard InChI is InChI=1S/C34H29BrClN3O7/c1-39(2)25-21-14-19-13-20-23(28(31(35)37-32(20)36)44-15-17-9-5-3-6-10-17)26(40)22(19)29(41)34(21,43)30(42)24-27(25)46-38-33(24)45-16-18-11-7-4-8-12-18/h3-12,19,21,25,40,43H,13-16H2,1-2H3/t19-,21-,25-,34-/m0/s1. The number of hydrogen-bond donors (Lipinski definition) is 2. The van der Waals surface area contributed by atoms with E-state index < -0.39 is 40.8 Å². The number of Topliss-reactive ketones (excluding diaryl/α,β-unsaturated/α-hetero) is 2. The first-order valence-corrected chi connectivity index (χ1v) is 15.9. The molecule has 7 rings (SSSR count). The number of carbonyl (C=O) groups is 2. The maximum absolute atomic E-state index is 14.5. The normalized spacial score (nSPS) is 23.5. The van der Waals surface area contributed by atoms with E-state index in [-0.39, 0.29) is 69.9 Å². The molecule has 2 heterocycles. The van der Waals surface area contributed by atoms with Crippen LogP contribution in [-0.4, -0.2) is 56.5 Å². The van der Waals surface area contributed by atoms with Crippen LogP contribution in [-0.2, 0) is 24.4 Å². The van der Waals surface area contributed by atoms with Crippen LogP contribution in [0.5, 0.6) is 11.6 Å². The maximum Gasteiger partial charge on any atom is 0.265 e. The maximum atomic E-state index is 14.5. The third-order valence-electron chi connectivity index (χ3n) is 9.09. The monoisotopic (exact) mass is 705 g/mol. The van der Waals surface area contributed by atoms with Crippen LogP contribution in [0.15, 0.2) is 75.4 Å². The van der Waals surface area contributed by atoms with Gasteiger partial charge in [-0.15, -0.1) is 0 Å². The SMILES string of the molecule is CN(C)[C@@H]1c2onc(OCc3ccccc3)c2C(=O)[C@@]2(O)C(=O)C3=C(O)c4c(c(Cl)nc(Br)c4OCc4ccccc4)C[C@H]3C[C@@H]12. The van der Waals surface area contributed by atoms with Crippen molar-refractivity contribution in [2.45, 2.75) is 37.7 Å². The molecule has 3 aliphatic carbocycles. The summed E-state index contributed by atoms with van der Waals surface area (Å²) in [5.41, 5.74) is -0.231. The molecule has 236 valence electrons. The van der Waals surface area contributed by atoms with Gasteiger partial charge in [0.15, 0.2) is 21.7 Å². The summed E-state index contributed by atoms with van der Waals surface area (Å²) in [7, 11) is 3.55. The minimum atomic E-state index is -2.52. The molecule has 12 heteroatoms. The number of ketones is 2. The lowest BCUT2D eigenvalue weighted by atomic mass is 9.57. The van der Waals surface area contributed by atoms with Gasteiger partial charge in [-0.25, -0.2) is 4.98 Å². The summed E-state index contributed by atoms with van der Waals surface area (Å²) < 4.78 is 18.0. The number of nitrogens with zero attached hydrogens (tertiary/aromatic N) is 3. The van der Waals surface area contributed by atoms with Crippen molar-refractivity contribution in [2.75, 3.05) is 14.1 Å². The molecule has 2 aromatic heterocycles. The summed E-state index contributed by atoms with van der Waals surface area (Å²) >= 11 is 10.0. The van der Waals surface area contributed by atoms with Crippen LogP contribution in [0, 0.1) is 11.8 Å². The second-order valence-corrected chi connectivity index (χ2v) is 13.1. The quantitative estimate of drug-likeness (QED) is 0.177. The van der Waals surface area contributed by atoms with E-state index in [4.69, 9.17) is 25.6 Å². The molecule has 0 unspecified atom stereocenters. The summed E-state index contributed by atoms with van der Waals surface area (Å²) in [5, 5.41) is 28.3. The fourth-order valence-electron chi connectivity index (χ4n) is 6.99. The second-order valence-electron chi connectivity index (χ2n) is 12.0. The predicted molar refractivity (Wildman–Crippen MR) is 171 cm³/mol. The Morgan fingerprint density at radius 1 is 1.00 bits per heavy atom. The van der Waals surface area contributed by atoms with E-state index in [1.807, 2.05) is 60.7 Å². The molecule has 1 saturated carbocycles. The van der Waals surface area contributed by atoms with Gasteiger partial charge in [-0.1, -0.05) is 72.3 Å². The fraction of sp³-hybridized carbons (Fsp3) is 0.294. The van der Waals surface area contributed by atoms with Crippen LogP contribution in [0.4, 0.5) is 0 Å². The highest BCUT2D eigenvalue weighted by Crippen LogP contribution is 2.56. The highest BCUT2D eigenvalue weighted by molar-refractivity contribution is 9.10. The summed E-state index contributed by atoms with van der Waals surface area (Å²) in [4.78, 5) is 35.0. The third-order valence-corrected chi connectivity index (χ3v) is 9.94. The highest BCUT2D eigenvalue weighted by atomic mass is 79.9. The second kappa shape index (κ2) is 11.6. The number of aromatic nitrogens is 2. The van der Waals surface area contributed by atoms with Gasteiger partial charge in [0.2, 0.25) is 11.6 Å². The fourth-order valence-corrected chi connectivity index (χ4v) is 7.83. The molecule has 3 aliphatic rings. The molecule has 4 atom stereocenters. The molecule has 4 aromatic rings. The van der Waals surface area contributed by atoms with Crippen molar-refractivity contribution in [2.24, 2.45) is 11.8 Å². The van der Waals surface area contributed by atoms with E-state index in [1.165, 1.54) is 0 Å². The number of rotatable bonds is 7. The molecule has 0 spiro atoms. The van der Waals surface area contributed by atoms with Gasteiger partial charge in [0.25, 0.3) is 5.88 Å². The largest absolute Gasteiger partial charge is 0.507 e. The minimum Gasteiger partial charge on any atom is -0.507 e. The van der Waals surface area contributed by atoms with Crippen molar-refractivity contribution < 1.29 is 33.8 Å². The first kappa shape index (κ1) is 30.6. The predicted octanol–water partition coefficient (Wildman–Crippen LogP) is 5.90. The average molecular weight is 707 g/mol. The van der Waals surface area contributed by atoms with E-state index in [2.05, 4.69) is 26.1 Å². The molecule has 1 fully saturated rings. The molecular formula is C34H29BrClN3O7. The van der Waals surface area contributed by atoms with Crippen LogP contribution in [0.3, 0.4) is 0 Å². The lowest BCUT2D eigenvalue weighted by Crippen LogP contribution is -2.63. The number of hydrogen-bond acceptors (Lipinski definition) is 10. The Labute approximate surface area is 277 Å². The molecule has 0 aliphatic heterocycles. The van der Waals surface area contributed by atoms with Gasteiger partial charge in [0.05, 0.1) is 11.6 Å². The number of fused-ring (bicyclic) bond motifs is 4. The molecule has 0 amide bonds. The molecule has 0 radical (unpaired) electrons. The summed E-state index contributed by atoms with van der Waals surface area (Å²) in [5.74, 6) is -3.33. The third kappa shape index (κ3) is 4.76. The smallest absolute Gasteiger partial charge is 0.265 e. The van der Waals surface area contributed by atoms with Crippen molar-refractivity contribution in [1.82, 2.24) is 15.0 Å². The van der Waals surface area contributed by atoms with Crippen LogP contribution >= 0.6 is 27.5 Å². The van der Waals surface area contributed by atoms with E-state index in [0.717, 1.165) is 11.1 Å². The van der Waals surface area contributed by atoms with Crippen molar-refractivity contribution in [3.63, 3.8) is 0 Å². The molecule has 2 N–H and O–H groups in total. The topological polar surface area (TPSA) is 135 Å². The van der Waals surface area contributed by atoms with Crippen LogP contribution in [0.1, 0.15) is 50.8 Å². The first-order valence-electron chi connectivity index (χ1n) is 14.7. The number of carbonyl (C=O) groups excluding carboxylic acids is 2. The molecular weight excluding hydrogens is 678 g/mol. The van der Waals surface area contributed by atoms with Gasteiger partial charge in [-0.3, -0.25) is 14.5 Å². The Bertz CT molecular complexity index is 1900. The van der Waals surface area contributed by atoms with Gasteiger partial charge < -0.3 is 24.2 Å². The zero-order valence-electron chi connectivity index (χ0n) is 24.9. The van der Waals surface area contributed by atoms with Crippen molar-refractivity contribution in [1.29, 1.82) is 0 Å². The molecule has 10 nitrogen and oxygen atoms in total. The van der Waals surface area contributed by atoms with E-state index in [9.17, 15) is 19.8 Å². The van der Waals surface area contributed by atoms with Gasteiger partial charge in [0, 0.05) is 17.1 Å². The summed E-state index contributed by atoms with van der Waals surface area (Å²) in [6.07, 6.45) is 0.402. The van der Waals surface area contributed by atoms with Gasteiger partial charge in [-0.2, -0.15) is 0 Å². The van der Waals surface area contributed by atoms with Gasteiger partial charge in [-0.05, 0) is 65.1 Å². The number of aliphatic hydroxyl groups excluding tert-OH is 1. The Morgan fingerprint density at radius 3 is 2.26 bits per heavy atom. The number of halogens is 2. The van der Waals surface area contributed by atoms with Gasteiger partial charge in [0.1, 0.15) is 29.7 Å². The number of pyridine rings is 1. The number of aliphatic hydroxyl groups is 2. The van der Waals surface area contributed by atoms with E-state index >= 15 is 0 Å². The van der Waals surface area contributed by atoms with Crippen molar-refractivity contribution in [3.05, 3.63) is 110 Å². The minimum absolute atomic E-state index is 0.0532. The molecule has 0 saturated heterocycles. The molecule has 0 bridgehead atoms. The van der Waals surface area contributed by atoms with Crippen molar-refractivity contribution >= 4 is 44.9 Å². The zero-order chi connectivity index (χ0) is 32.3. The van der Waals surface area contributed by atoms with Gasteiger partial charge >= 0.3 is 0 Å². The molecule has 46 heavy (non-hydrogen) atoms. The highest BCUT2D eigenvalue weighted by Gasteiger charge is 2.65. The first-order chi connectivity index (χ1) is 22.1. The summed E-state index contributed by atoms with van der Waals surface area (Å²) in [6.45, 7) is 0.252. The lowest BCUT2D eigenvalue weighted by molar-refractivity contribution is -0.142. The summed E-state index contributed by atoms with van der Waals surface area (Å²) in [6, 6.07) is 18.1. The van der Waals surface area contributed by atoms with Crippen LogP contribution in [0.2, 0.25) is 5.15 Å². The Morgan fingerprint density at radius 2 is 1.63 bits per heavy atom. The Kier molecular flexibility index (Phi) is 7.75. The Hall–Kier alpha value is -4.03. The zero-order valence-corrected chi connectivity index (χ0v) is 27.2. The van der Waals surface area contributed by atoms with Crippen LogP contribution in [0.25, 0.3) is 5.76 Å². The van der Waals surface area contributed by atoms with E-state index in [1.54, 1.807) is 19.0 Å². The van der Waals surface area contributed by atoms with Crippen LogP contribution < -0.4 is 9.47 Å². The Balaban J connectivity index is 1.31. The average Bonchev–Trinajstić information content (AvgIpc) is 3.46.